The minimum absolute atomic E-state index is 0.419. The van der Waals surface area contributed by atoms with Gasteiger partial charge in [0, 0.05) is 6.54 Å². The van der Waals surface area contributed by atoms with E-state index in [-0.39, 0.29) is 0 Å². The maximum atomic E-state index is 4.12. The van der Waals surface area contributed by atoms with Crippen LogP contribution >= 0.6 is 0 Å². The summed E-state index contributed by atoms with van der Waals surface area (Å²) >= 11 is 0. The molecule has 1 N–H and O–H groups in total. The molecule has 1 heterocycles. The number of nitrogens with one attached hydrogen (secondary N) is 1. The van der Waals surface area contributed by atoms with Crippen LogP contribution in [0.4, 0.5) is 0 Å². The number of nitrogens with zero attached hydrogens (tertiary/aromatic N) is 1. The average Bonchev–Trinajstić information content (AvgIpc) is 2.05. The first-order chi connectivity index (χ1) is 4.97. The number of allylic oxidation sites excluding steroid dienone is 2. The number of hydrogen-bond acceptors (Lipinski definition) is 1. The monoisotopic (exact) mass is 135 g/mol. The zero-order valence-corrected chi connectivity index (χ0v) is 5.88. The van der Waals surface area contributed by atoms with Crippen molar-refractivity contribution in [2.24, 2.45) is 0 Å². The first kappa shape index (κ1) is 6.13. The predicted octanol–water partition coefficient (Wildman–Crippen LogP) is 0.754. The van der Waals surface area contributed by atoms with Crippen LogP contribution in [-0.4, -0.2) is 12.6 Å². The summed E-state index contributed by atoms with van der Waals surface area (Å²) in [5.41, 5.74) is 8.72. The van der Waals surface area contributed by atoms with Gasteiger partial charge < -0.3 is 0 Å². The molecule has 0 aromatic carbocycles. The van der Waals surface area contributed by atoms with Crippen LogP contribution in [0, 0.1) is 0 Å². The fourth-order valence-electron chi connectivity index (χ4n) is 1.42. The Kier molecular flexibility index (Phi) is 1.57. The lowest BCUT2D eigenvalue weighted by molar-refractivity contribution is 0.443. The molecule has 0 saturated carbocycles. The molecule has 0 amide bonds. The van der Waals surface area contributed by atoms with E-state index in [1.807, 2.05) is 0 Å². The number of fused-ring (bicyclic) bond motifs is 1. The van der Waals surface area contributed by atoms with Crippen LogP contribution in [-0.2, 0) is 0 Å². The second-order valence-corrected chi connectivity index (χ2v) is 2.68. The van der Waals surface area contributed by atoms with E-state index in [1.54, 1.807) is 0 Å². The van der Waals surface area contributed by atoms with Gasteiger partial charge in [0.2, 0.25) is 0 Å². The maximum absolute atomic E-state index is 4.12. The first-order valence-electron chi connectivity index (χ1n) is 3.74. The van der Waals surface area contributed by atoms with Gasteiger partial charge >= 0.3 is 0 Å². The van der Waals surface area contributed by atoms with Crippen molar-refractivity contribution in [3.05, 3.63) is 23.8 Å². The molecule has 0 spiro atoms. The van der Waals surface area contributed by atoms with Crippen LogP contribution in [0.1, 0.15) is 12.8 Å². The van der Waals surface area contributed by atoms with Gasteiger partial charge in [0.25, 0.3) is 0 Å². The zero-order chi connectivity index (χ0) is 6.81. The molecule has 53 valence electrons. The highest BCUT2D eigenvalue weighted by Gasteiger charge is 2.16. The summed E-state index contributed by atoms with van der Waals surface area (Å²) < 4.78 is 0. The molecule has 1 aliphatic carbocycles. The van der Waals surface area contributed by atoms with Crippen molar-refractivity contribution in [2.45, 2.75) is 18.9 Å². The van der Waals surface area contributed by atoms with Gasteiger partial charge in [0.15, 0.2) is 0 Å². The molecular weight excluding hydrogens is 124 g/mol. The van der Waals surface area contributed by atoms with E-state index in [4.69, 9.17) is 0 Å². The molecule has 1 aliphatic heterocycles. The van der Waals surface area contributed by atoms with E-state index in [2.05, 4.69) is 29.1 Å². The Hall–Kier alpha value is -0.600. The van der Waals surface area contributed by atoms with Crippen molar-refractivity contribution in [3.8, 4) is 0 Å². The molecule has 1 fully saturated rings. The van der Waals surface area contributed by atoms with Crippen molar-refractivity contribution < 1.29 is 0 Å². The Balaban J connectivity index is 2.13. The summed E-state index contributed by atoms with van der Waals surface area (Å²) in [5, 5.41) is 0. The van der Waals surface area contributed by atoms with Crippen molar-refractivity contribution >= 4 is 0 Å². The minimum atomic E-state index is 0.419. The second-order valence-electron chi connectivity index (χ2n) is 2.68. The first-order valence-corrected chi connectivity index (χ1v) is 3.74. The van der Waals surface area contributed by atoms with E-state index in [0.29, 0.717) is 6.04 Å². The molecule has 0 aromatic rings. The lowest BCUT2D eigenvalue weighted by atomic mass is 9.97. The molecule has 2 nitrogen and oxygen atoms in total. The number of hydrogen-bond donors (Lipinski definition) is 1. The van der Waals surface area contributed by atoms with Gasteiger partial charge in [-0.05, 0) is 12.8 Å². The summed E-state index contributed by atoms with van der Waals surface area (Å²) in [7, 11) is 0. The lowest BCUT2D eigenvalue weighted by Gasteiger charge is -2.25. The Morgan fingerprint density at radius 1 is 1.60 bits per heavy atom. The van der Waals surface area contributed by atoms with E-state index in [1.165, 1.54) is 5.57 Å². The average molecular weight is 135 g/mol. The van der Waals surface area contributed by atoms with Gasteiger partial charge in [0.05, 0.1) is 6.04 Å². The Labute approximate surface area is 61.0 Å². The van der Waals surface area contributed by atoms with Crippen LogP contribution in [0.15, 0.2) is 23.8 Å². The fraction of sp³-hybridized carbons (Fsp3) is 0.500. The molecule has 0 aromatic heterocycles. The zero-order valence-electron chi connectivity index (χ0n) is 5.88. The van der Waals surface area contributed by atoms with Crippen LogP contribution < -0.4 is 10.9 Å². The number of rotatable bonds is 0. The van der Waals surface area contributed by atoms with Crippen molar-refractivity contribution in [1.29, 1.82) is 0 Å². The molecule has 1 unspecified atom stereocenters. The van der Waals surface area contributed by atoms with Crippen LogP contribution in [0.5, 0.6) is 0 Å². The summed E-state index contributed by atoms with van der Waals surface area (Å²) in [6.07, 6.45) is 8.92. The maximum Gasteiger partial charge on any atom is 0.0620 e. The molecule has 1 atom stereocenters. The van der Waals surface area contributed by atoms with E-state index in [0.717, 1.165) is 19.4 Å². The Morgan fingerprint density at radius 2 is 2.60 bits per heavy atom. The summed E-state index contributed by atoms with van der Waals surface area (Å²) in [6, 6.07) is 0.419. The van der Waals surface area contributed by atoms with Crippen LogP contribution in [0.25, 0.3) is 0 Å². The topological polar surface area (TPSA) is 26.1 Å². The molecule has 2 aliphatic rings. The Bertz CT molecular complexity index is 182. The van der Waals surface area contributed by atoms with E-state index in [9.17, 15) is 0 Å². The highest BCUT2D eigenvalue weighted by molar-refractivity contribution is 5.24. The van der Waals surface area contributed by atoms with Gasteiger partial charge in [-0.25, -0.2) is 5.43 Å². The van der Waals surface area contributed by atoms with Crippen molar-refractivity contribution in [1.82, 2.24) is 10.9 Å². The quantitative estimate of drug-likeness (QED) is 0.487. The van der Waals surface area contributed by atoms with Crippen LogP contribution in [0.2, 0.25) is 0 Å². The van der Waals surface area contributed by atoms with E-state index >= 15 is 0 Å². The van der Waals surface area contributed by atoms with Gasteiger partial charge in [-0.3, -0.25) is 0 Å². The van der Waals surface area contributed by atoms with Crippen molar-refractivity contribution in [3.63, 3.8) is 0 Å². The summed E-state index contributed by atoms with van der Waals surface area (Å²) in [5.74, 6) is 0. The Morgan fingerprint density at radius 3 is 3.50 bits per heavy atom. The molecular formula is C8H11N2. The van der Waals surface area contributed by atoms with Gasteiger partial charge in [-0.2, -0.15) is 5.43 Å². The summed E-state index contributed by atoms with van der Waals surface area (Å²) in [6.45, 7) is 0.941. The largest absolute Gasteiger partial charge is 0.229 e. The SMILES string of the molecule is C1=CC2N[N]CCC2=CC1. The van der Waals surface area contributed by atoms with Crippen LogP contribution in [0.3, 0.4) is 0 Å². The molecule has 2 heteroatoms. The smallest absolute Gasteiger partial charge is 0.0620 e. The molecule has 0 bridgehead atoms. The van der Waals surface area contributed by atoms with Gasteiger partial charge in [0.1, 0.15) is 0 Å². The second kappa shape index (κ2) is 2.56. The molecule has 2 rings (SSSR count). The molecule has 1 saturated heterocycles. The highest BCUT2D eigenvalue weighted by Crippen LogP contribution is 2.16. The highest BCUT2D eigenvalue weighted by atomic mass is 15.4. The van der Waals surface area contributed by atoms with Gasteiger partial charge in [-0.1, -0.05) is 23.8 Å². The minimum Gasteiger partial charge on any atom is -0.229 e. The van der Waals surface area contributed by atoms with Gasteiger partial charge in [-0.15, -0.1) is 0 Å². The molecule has 1 radical (unpaired) electrons. The fourth-order valence-corrected chi connectivity index (χ4v) is 1.42. The van der Waals surface area contributed by atoms with Crippen molar-refractivity contribution in [2.75, 3.05) is 6.54 Å². The third-order valence-electron chi connectivity index (χ3n) is 1.99. The standard InChI is InChI=1S/C8H11N2/c1-2-4-8-7(3-1)5-6-9-10-8/h2-4,8,10H,1,5-6H2. The third-order valence-corrected chi connectivity index (χ3v) is 1.99. The molecule has 10 heavy (non-hydrogen) atoms. The normalized spacial score (nSPS) is 31.2. The predicted molar refractivity (Wildman–Crippen MR) is 40.4 cm³/mol. The van der Waals surface area contributed by atoms with E-state index < -0.39 is 0 Å². The summed E-state index contributed by atoms with van der Waals surface area (Å²) in [4.78, 5) is 0. The lowest BCUT2D eigenvalue weighted by Crippen LogP contribution is -2.41. The third kappa shape index (κ3) is 1.00.